The molecule has 0 rings (SSSR count). The molecule has 0 aliphatic heterocycles. The number of carboxylic acid groups (broad SMARTS) is 1. The minimum absolute atomic E-state index is 0. The van der Waals surface area contributed by atoms with Crippen LogP contribution in [0, 0.1) is 0 Å². The van der Waals surface area contributed by atoms with Crippen LogP contribution in [-0.4, -0.2) is 92.7 Å². The third-order valence-corrected chi connectivity index (χ3v) is 0.490. The average Bonchev–Trinajstić information content (AvgIpc) is 1.65. The average molecular weight is 202 g/mol. The minimum atomic E-state index is -1.54. The predicted octanol–water partition coefficient (Wildman–Crippen LogP) is -1.21. The number of hydrogen-bond donors (Lipinski definition) is 1. The molecule has 0 atom stereocenters. The van der Waals surface area contributed by atoms with Crippen molar-refractivity contribution >= 4 is 87.6 Å². The van der Waals surface area contributed by atoms with Gasteiger partial charge in [0.25, 0.3) is 0 Å². The molecular weight excluding hydrogens is 192 g/mol. The van der Waals surface area contributed by atoms with Crippen LogP contribution in [0.3, 0.4) is 0 Å². The Balaban J connectivity index is -0.000000245. The fraction of sp³-hybridized carbons (Fsp3) is 0.500. The van der Waals surface area contributed by atoms with Gasteiger partial charge in [-0.2, -0.15) is 0 Å². The van der Waals surface area contributed by atoms with Gasteiger partial charge in [-0.25, -0.2) is 4.79 Å². The van der Waals surface area contributed by atoms with Gasteiger partial charge in [-0.1, -0.05) is 6.92 Å². The summed E-state index contributed by atoms with van der Waals surface area (Å²) in [4.78, 5) is 19.5. The normalized spacial score (nSPS) is 6.50. The molecule has 6 heteroatoms. The fourth-order valence-corrected chi connectivity index (χ4v) is 0.170. The van der Waals surface area contributed by atoms with E-state index < -0.39 is 12.1 Å². The Kier molecular flexibility index (Phi) is 18.3. The summed E-state index contributed by atoms with van der Waals surface area (Å²) in [7, 11) is 0. The van der Waals surface area contributed by atoms with E-state index in [2.05, 4.69) is 4.74 Å². The van der Waals surface area contributed by atoms with E-state index in [1.54, 1.807) is 0 Å². The summed E-state index contributed by atoms with van der Waals surface area (Å²) in [5.41, 5.74) is 0. The van der Waals surface area contributed by atoms with Crippen LogP contribution in [0.15, 0.2) is 0 Å². The Morgan fingerprint density at radius 1 is 1.40 bits per heavy atom. The second-order valence-corrected chi connectivity index (χ2v) is 1.09. The van der Waals surface area contributed by atoms with Gasteiger partial charge in [-0.05, 0) is 0 Å². The Hall–Kier alpha value is 1.46. The van der Waals surface area contributed by atoms with Gasteiger partial charge in [0.05, 0.1) is 0 Å². The molecular formula is C4H10Ca2O4. The zero-order valence-electron chi connectivity index (χ0n) is 4.38. The SMILES string of the molecule is CCC(=O)OC(=O)O.[CaH2].[CaH2]. The standard InChI is InChI=1S/C4H6O4.2Ca.4H/c1-2-3(5)8-4(6)7;;;;;;/h2H2,1H3,(H,6,7);;;;;;. The fourth-order valence-electron chi connectivity index (χ4n) is 0.170. The summed E-state index contributed by atoms with van der Waals surface area (Å²) in [5, 5.41) is 7.77. The first-order chi connectivity index (χ1) is 3.66. The molecule has 0 saturated carbocycles. The number of rotatable bonds is 1. The van der Waals surface area contributed by atoms with Gasteiger partial charge in [0.2, 0.25) is 0 Å². The van der Waals surface area contributed by atoms with Gasteiger partial charge >= 0.3 is 87.6 Å². The maximum absolute atomic E-state index is 10.0. The third-order valence-electron chi connectivity index (χ3n) is 0.490. The molecule has 0 aliphatic carbocycles. The molecule has 0 aromatic rings. The number of carbonyl (C=O) groups is 2. The van der Waals surface area contributed by atoms with E-state index in [9.17, 15) is 9.59 Å². The van der Waals surface area contributed by atoms with E-state index >= 15 is 0 Å². The van der Waals surface area contributed by atoms with Crippen LogP contribution in [0.5, 0.6) is 0 Å². The van der Waals surface area contributed by atoms with Crippen molar-refractivity contribution in [2.24, 2.45) is 0 Å². The van der Waals surface area contributed by atoms with Gasteiger partial charge in [-0.15, -0.1) is 0 Å². The molecule has 4 nitrogen and oxygen atoms in total. The van der Waals surface area contributed by atoms with Crippen LogP contribution in [0.1, 0.15) is 13.3 Å². The van der Waals surface area contributed by atoms with Crippen molar-refractivity contribution in [2.45, 2.75) is 13.3 Å². The van der Waals surface area contributed by atoms with Gasteiger partial charge < -0.3 is 9.84 Å². The van der Waals surface area contributed by atoms with E-state index in [0.29, 0.717) is 0 Å². The van der Waals surface area contributed by atoms with Crippen LogP contribution < -0.4 is 0 Å². The summed E-state index contributed by atoms with van der Waals surface area (Å²) < 4.78 is 3.68. The first-order valence-corrected chi connectivity index (χ1v) is 2.10. The summed E-state index contributed by atoms with van der Waals surface area (Å²) >= 11 is 0. The van der Waals surface area contributed by atoms with Gasteiger partial charge in [0, 0.05) is 6.42 Å². The second-order valence-electron chi connectivity index (χ2n) is 1.09. The van der Waals surface area contributed by atoms with Crippen molar-refractivity contribution in [3.63, 3.8) is 0 Å². The van der Waals surface area contributed by atoms with E-state index in [4.69, 9.17) is 5.11 Å². The molecule has 54 valence electrons. The Labute approximate surface area is 118 Å². The molecule has 0 aliphatic rings. The molecule has 0 bridgehead atoms. The van der Waals surface area contributed by atoms with E-state index in [1.807, 2.05) is 0 Å². The molecule has 0 spiro atoms. The first-order valence-electron chi connectivity index (χ1n) is 2.10. The third kappa shape index (κ3) is 12.2. The molecule has 1 N–H and O–H groups in total. The van der Waals surface area contributed by atoms with Crippen LogP contribution in [-0.2, 0) is 9.53 Å². The summed E-state index contributed by atoms with van der Waals surface area (Å²) in [6, 6.07) is 0. The van der Waals surface area contributed by atoms with Crippen LogP contribution in [0.25, 0.3) is 0 Å². The van der Waals surface area contributed by atoms with Crippen LogP contribution >= 0.6 is 0 Å². The summed E-state index contributed by atoms with van der Waals surface area (Å²) in [6.45, 7) is 1.52. The van der Waals surface area contributed by atoms with Crippen molar-refractivity contribution in [2.75, 3.05) is 0 Å². The van der Waals surface area contributed by atoms with Gasteiger partial charge in [0.1, 0.15) is 0 Å². The Morgan fingerprint density at radius 3 is 1.90 bits per heavy atom. The molecule has 0 fully saturated rings. The van der Waals surface area contributed by atoms with Crippen molar-refractivity contribution in [3.8, 4) is 0 Å². The monoisotopic (exact) mass is 202 g/mol. The zero-order valence-corrected chi connectivity index (χ0v) is 4.38. The Morgan fingerprint density at radius 2 is 1.80 bits per heavy atom. The van der Waals surface area contributed by atoms with Crippen LogP contribution in [0.4, 0.5) is 4.79 Å². The van der Waals surface area contributed by atoms with Crippen molar-refractivity contribution in [3.05, 3.63) is 0 Å². The molecule has 0 saturated heterocycles. The number of carbonyl (C=O) groups excluding carboxylic acids is 1. The van der Waals surface area contributed by atoms with E-state index in [1.165, 1.54) is 6.92 Å². The summed E-state index contributed by atoms with van der Waals surface area (Å²) in [6.07, 6.45) is -1.45. The van der Waals surface area contributed by atoms with E-state index in [0.717, 1.165) is 0 Å². The molecule has 0 amide bonds. The van der Waals surface area contributed by atoms with Gasteiger partial charge in [0.15, 0.2) is 0 Å². The maximum atomic E-state index is 10.0. The first kappa shape index (κ1) is 17.5. The molecule has 0 heterocycles. The molecule has 0 aromatic heterocycles. The number of esters is 1. The topological polar surface area (TPSA) is 63.6 Å². The van der Waals surface area contributed by atoms with Gasteiger partial charge in [-0.3, -0.25) is 4.79 Å². The molecule has 0 unspecified atom stereocenters. The number of hydrogen-bond acceptors (Lipinski definition) is 3. The molecule has 0 aromatic carbocycles. The second kappa shape index (κ2) is 10.5. The molecule has 10 heavy (non-hydrogen) atoms. The van der Waals surface area contributed by atoms with Crippen molar-refractivity contribution in [1.82, 2.24) is 0 Å². The quantitative estimate of drug-likeness (QED) is 0.329. The molecule has 0 radical (unpaired) electrons. The van der Waals surface area contributed by atoms with Crippen molar-refractivity contribution in [1.29, 1.82) is 0 Å². The number of ether oxygens (including phenoxy) is 1. The summed E-state index contributed by atoms with van der Waals surface area (Å²) in [5.74, 6) is -0.725. The predicted molar refractivity (Wildman–Crippen MR) is 41.5 cm³/mol. The van der Waals surface area contributed by atoms with Crippen LogP contribution in [0.2, 0.25) is 0 Å². The zero-order chi connectivity index (χ0) is 6.57. The Bertz CT molecular complexity index is 114. The van der Waals surface area contributed by atoms with E-state index in [-0.39, 0.29) is 81.9 Å². The van der Waals surface area contributed by atoms with Crippen molar-refractivity contribution < 1.29 is 19.4 Å².